The van der Waals surface area contributed by atoms with Gasteiger partial charge in [-0.25, -0.2) is 4.68 Å². The van der Waals surface area contributed by atoms with Gasteiger partial charge in [-0.15, -0.1) is 0 Å². The van der Waals surface area contributed by atoms with Gasteiger partial charge in [-0.3, -0.25) is 4.79 Å². The van der Waals surface area contributed by atoms with Crippen LogP contribution in [0.1, 0.15) is 35.4 Å². The Labute approximate surface area is 124 Å². The lowest BCUT2D eigenvalue weighted by atomic mass is 10.1. The number of nitrogens with one attached hydrogen (secondary N) is 1. The highest BCUT2D eigenvalue weighted by Crippen LogP contribution is 2.19. The summed E-state index contributed by atoms with van der Waals surface area (Å²) in [6.45, 7) is 6.62. The molecule has 0 amide bonds. The van der Waals surface area contributed by atoms with E-state index in [4.69, 9.17) is 0 Å². The summed E-state index contributed by atoms with van der Waals surface area (Å²) < 4.78 is 1.87. The van der Waals surface area contributed by atoms with Crippen LogP contribution in [-0.4, -0.2) is 15.8 Å². The zero-order chi connectivity index (χ0) is 15.0. The standard InChI is InChI=1S/C17H21N3O/c1-11-6-12(2)8-15(7-11)20-13(3)9-17(21)16(19-20)10-18-14-4-5-14/h6-9,14,18H,4-5,10H2,1-3H3. The first-order valence-corrected chi connectivity index (χ1v) is 7.45. The molecule has 0 unspecified atom stereocenters. The smallest absolute Gasteiger partial charge is 0.204 e. The van der Waals surface area contributed by atoms with Crippen LogP contribution >= 0.6 is 0 Å². The maximum absolute atomic E-state index is 12.1. The lowest BCUT2D eigenvalue weighted by Gasteiger charge is -2.13. The normalized spacial score (nSPS) is 14.4. The molecule has 4 nitrogen and oxygen atoms in total. The molecule has 4 heteroatoms. The molecule has 1 fully saturated rings. The molecule has 0 radical (unpaired) electrons. The summed E-state index contributed by atoms with van der Waals surface area (Å²) in [5.41, 5.74) is 4.87. The summed E-state index contributed by atoms with van der Waals surface area (Å²) in [5.74, 6) is 0. The van der Waals surface area contributed by atoms with Crippen LogP contribution in [-0.2, 0) is 6.54 Å². The maximum atomic E-state index is 12.1. The second-order valence-corrected chi connectivity index (χ2v) is 6.01. The minimum Gasteiger partial charge on any atom is -0.308 e. The van der Waals surface area contributed by atoms with Crippen molar-refractivity contribution in [2.24, 2.45) is 0 Å². The number of benzene rings is 1. The van der Waals surface area contributed by atoms with E-state index in [1.807, 2.05) is 11.6 Å². The molecule has 1 saturated carbocycles. The molecule has 1 aromatic heterocycles. The molecule has 1 N–H and O–H groups in total. The number of rotatable bonds is 4. The number of hydrogen-bond donors (Lipinski definition) is 1. The molecule has 1 aliphatic carbocycles. The third kappa shape index (κ3) is 3.22. The average molecular weight is 283 g/mol. The highest BCUT2D eigenvalue weighted by molar-refractivity contribution is 5.39. The highest BCUT2D eigenvalue weighted by Gasteiger charge is 2.21. The van der Waals surface area contributed by atoms with Gasteiger partial charge in [0.2, 0.25) is 5.43 Å². The SMILES string of the molecule is Cc1cc(C)cc(-n2nc(CNC3CC3)c(=O)cc2C)c1. The maximum Gasteiger partial charge on any atom is 0.204 e. The molecule has 3 rings (SSSR count). The van der Waals surface area contributed by atoms with Gasteiger partial charge in [-0.1, -0.05) is 6.07 Å². The van der Waals surface area contributed by atoms with Crippen molar-refractivity contribution in [2.75, 3.05) is 0 Å². The molecule has 1 aromatic carbocycles. The molecule has 0 bridgehead atoms. The third-order valence-electron chi connectivity index (χ3n) is 3.77. The highest BCUT2D eigenvalue weighted by atomic mass is 16.1. The Morgan fingerprint density at radius 1 is 1.14 bits per heavy atom. The Bertz CT molecular complexity index is 709. The zero-order valence-electron chi connectivity index (χ0n) is 12.8. The van der Waals surface area contributed by atoms with Crippen molar-refractivity contribution in [3.8, 4) is 5.69 Å². The topological polar surface area (TPSA) is 46.9 Å². The van der Waals surface area contributed by atoms with Gasteiger partial charge < -0.3 is 5.32 Å². The van der Waals surface area contributed by atoms with Crippen LogP contribution in [0, 0.1) is 20.8 Å². The first kappa shape index (κ1) is 14.0. The molecule has 2 aromatic rings. The Balaban J connectivity index is 1.99. The van der Waals surface area contributed by atoms with Crippen LogP contribution in [0.25, 0.3) is 5.69 Å². The lowest BCUT2D eigenvalue weighted by Crippen LogP contribution is -2.25. The fourth-order valence-electron chi connectivity index (χ4n) is 2.57. The number of hydrogen-bond acceptors (Lipinski definition) is 3. The third-order valence-corrected chi connectivity index (χ3v) is 3.77. The van der Waals surface area contributed by atoms with Crippen molar-refractivity contribution >= 4 is 0 Å². The lowest BCUT2D eigenvalue weighted by molar-refractivity contribution is 0.641. The van der Waals surface area contributed by atoms with Crippen LogP contribution in [0.4, 0.5) is 0 Å². The van der Waals surface area contributed by atoms with Crippen LogP contribution in [0.3, 0.4) is 0 Å². The predicted octanol–water partition coefficient (Wildman–Crippen LogP) is 2.41. The molecule has 110 valence electrons. The molecule has 0 atom stereocenters. The molecular weight excluding hydrogens is 262 g/mol. The zero-order valence-corrected chi connectivity index (χ0v) is 12.8. The fourth-order valence-corrected chi connectivity index (χ4v) is 2.57. The van der Waals surface area contributed by atoms with E-state index in [1.165, 1.54) is 24.0 Å². The molecule has 1 heterocycles. The minimum atomic E-state index is 0.0151. The van der Waals surface area contributed by atoms with Gasteiger partial charge in [-0.05, 0) is 56.9 Å². The summed E-state index contributed by atoms with van der Waals surface area (Å²) in [4.78, 5) is 12.1. The van der Waals surface area contributed by atoms with E-state index in [1.54, 1.807) is 6.07 Å². The van der Waals surface area contributed by atoms with Crippen molar-refractivity contribution < 1.29 is 0 Å². The fraction of sp³-hybridized carbons (Fsp3) is 0.412. The summed E-state index contributed by atoms with van der Waals surface area (Å²) in [7, 11) is 0. The Hall–Kier alpha value is -1.94. The number of aryl methyl sites for hydroxylation is 3. The largest absolute Gasteiger partial charge is 0.308 e. The Kier molecular flexibility index (Phi) is 3.64. The van der Waals surface area contributed by atoms with E-state index in [-0.39, 0.29) is 5.43 Å². The van der Waals surface area contributed by atoms with Gasteiger partial charge >= 0.3 is 0 Å². The second kappa shape index (κ2) is 5.45. The summed E-state index contributed by atoms with van der Waals surface area (Å²) in [6, 6.07) is 8.57. The van der Waals surface area contributed by atoms with Gasteiger partial charge in [-0.2, -0.15) is 5.10 Å². The van der Waals surface area contributed by atoms with Crippen LogP contribution in [0.2, 0.25) is 0 Å². The minimum absolute atomic E-state index is 0.0151. The van der Waals surface area contributed by atoms with E-state index < -0.39 is 0 Å². The molecule has 21 heavy (non-hydrogen) atoms. The number of aromatic nitrogens is 2. The summed E-state index contributed by atoms with van der Waals surface area (Å²) in [6.07, 6.45) is 2.41. The first-order chi connectivity index (χ1) is 10.0. The summed E-state index contributed by atoms with van der Waals surface area (Å²) in [5, 5.41) is 7.92. The quantitative estimate of drug-likeness (QED) is 0.937. The van der Waals surface area contributed by atoms with Gasteiger partial charge in [0.1, 0.15) is 5.69 Å². The van der Waals surface area contributed by atoms with Crippen molar-refractivity contribution in [2.45, 2.75) is 46.2 Å². The Morgan fingerprint density at radius 2 is 1.81 bits per heavy atom. The number of nitrogens with zero attached hydrogens (tertiary/aromatic N) is 2. The predicted molar refractivity (Wildman–Crippen MR) is 83.9 cm³/mol. The Morgan fingerprint density at radius 3 is 2.43 bits per heavy atom. The van der Waals surface area contributed by atoms with Crippen molar-refractivity contribution in [1.29, 1.82) is 0 Å². The second-order valence-electron chi connectivity index (χ2n) is 6.01. The molecule has 0 spiro atoms. The van der Waals surface area contributed by atoms with Gasteiger partial charge in [0.25, 0.3) is 0 Å². The van der Waals surface area contributed by atoms with Gasteiger partial charge in [0.15, 0.2) is 0 Å². The van der Waals surface area contributed by atoms with E-state index >= 15 is 0 Å². The van der Waals surface area contributed by atoms with Crippen molar-refractivity contribution in [3.63, 3.8) is 0 Å². The average Bonchev–Trinajstić information content (AvgIpc) is 3.20. The van der Waals surface area contributed by atoms with Gasteiger partial charge in [0, 0.05) is 24.3 Å². The molecule has 0 aliphatic heterocycles. The molecule has 1 aliphatic rings. The molecule has 0 saturated heterocycles. The van der Waals surface area contributed by atoms with Gasteiger partial charge in [0.05, 0.1) is 5.69 Å². The van der Waals surface area contributed by atoms with Crippen LogP contribution < -0.4 is 10.7 Å². The van der Waals surface area contributed by atoms with E-state index in [9.17, 15) is 4.79 Å². The molecular formula is C17H21N3O. The van der Waals surface area contributed by atoms with E-state index in [2.05, 4.69) is 42.5 Å². The monoisotopic (exact) mass is 283 g/mol. The van der Waals surface area contributed by atoms with Crippen molar-refractivity contribution in [3.05, 3.63) is 57.0 Å². The van der Waals surface area contributed by atoms with Crippen LogP contribution in [0.5, 0.6) is 0 Å². The van der Waals surface area contributed by atoms with E-state index in [0.717, 1.165) is 11.4 Å². The van der Waals surface area contributed by atoms with Crippen LogP contribution in [0.15, 0.2) is 29.1 Å². The van der Waals surface area contributed by atoms with Crippen molar-refractivity contribution in [1.82, 2.24) is 15.1 Å². The van der Waals surface area contributed by atoms with E-state index in [0.29, 0.717) is 18.3 Å². The first-order valence-electron chi connectivity index (χ1n) is 7.45. The summed E-state index contributed by atoms with van der Waals surface area (Å²) >= 11 is 0.